The van der Waals surface area contributed by atoms with Gasteiger partial charge in [-0.2, -0.15) is 0 Å². The maximum absolute atomic E-state index is 5.78. The Morgan fingerprint density at radius 1 is 0.778 bits per heavy atom. The zero-order valence-corrected chi connectivity index (χ0v) is 13.4. The Balaban J connectivity index is 0. The maximum Gasteiger partial charge on any atom is 0.0543 e. The standard InChI is InChI=1S/C15H34N2.ClH/c1-3-5-6-7-8-9-10-11-12-13-14-17-15(16)4-2;/h15,17H,3-14,16H2,1-2H3;1H. The Kier molecular flexibility index (Phi) is 19.6. The van der Waals surface area contributed by atoms with Crippen molar-refractivity contribution in [2.24, 2.45) is 5.73 Å². The first-order valence-electron chi connectivity index (χ1n) is 7.80. The van der Waals surface area contributed by atoms with Gasteiger partial charge in [-0.3, -0.25) is 0 Å². The number of hydrogen-bond donors (Lipinski definition) is 2. The van der Waals surface area contributed by atoms with E-state index in [1.165, 1.54) is 64.2 Å². The van der Waals surface area contributed by atoms with Gasteiger partial charge in [0.2, 0.25) is 0 Å². The summed E-state index contributed by atoms with van der Waals surface area (Å²) in [6.07, 6.45) is 15.2. The molecular formula is C15H35ClN2. The van der Waals surface area contributed by atoms with Crippen LogP contribution in [0.3, 0.4) is 0 Å². The summed E-state index contributed by atoms with van der Waals surface area (Å²) < 4.78 is 0. The third kappa shape index (κ3) is 16.2. The van der Waals surface area contributed by atoms with Crippen LogP contribution in [0.1, 0.15) is 84.5 Å². The molecular weight excluding hydrogens is 244 g/mol. The molecule has 0 aliphatic carbocycles. The minimum absolute atomic E-state index is 0. The van der Waals surface area contributed by atoms with Gasteiger partial charge in [-0.25, -0.2) is 0 Å². The molecule has 112 valence electrons. The summed E-state index contributed by atoms with van der Waals surface area (Å²) in [5.41, 5.74) is 5.78. The molecule has 3 N–H and O–H groups in total. The van der Waals surface area contributed by atoms with Crippen LogP contribution in [0.4, 0.5) is 0 Å². The van der Waals surface area contributed by atoms with Gasteiger partial charge in [0, 0.05) is 0 Å². The third-order valence-electron chi connectivity index (χ3n) is 3.38. The fourth-order valence-electron chi connectivity index (χ4n) is 2.04. The lowest BCUT2D eigenvalue weighted by atomic mass is 10.1. The van der Waals surface area contributed by atoms with Crippen molar-refractivity contribution < 1.29 is 0 Å². The predicted molar refractivity (Wildman–Crippen MR) is 85.4 cm³/mol. The van der Waals surface area contributed by atoms with Crippen LogP contribution in [0.2, 0.25) is 0 Å². The zero-order chi connectivity index (χ0) is 12.8. The Hall–Kier alpha value is 0.210. The first-order chi connectivity index (χ1) is 8.31. The Bertz CT molecular complexity index is 142. The molecule has 0 heterocycles. The van der Waals surface area contributed by atoms with Gasteiger partial charge in [-0.1, -0.05) is 71.6 Å². The molecule has 0 rings (SSSR count). The highest BCUT2D eigenvalue weighted by atomic mass is 35.5. The number of rotatable bonds is 13. The molecule has 0 saturated carbocycles. The molecule has 0 saturated heterocycles. The summed E-state index contributed by atoms with van der Waals surface area (Å²) in [6.45, 7) is 5.49. The highest BCUT2D eigenvalue weighted by Gasteiger charge is 1.96. The maximum atomic E-state index is 5.78. The summed E-state index contributed by atoms with van der Waals surface area (Å²) in [4.78, 5) is 0. The molecule has 1 unspecified atom stereocenters. The van der Waals surface area contributed by atoms with Crippen LogP contribution in [0.15, 0.2) is 0 Å². The Morgan fingerprint density at radius 2 is 1.22 bits per heavy atom. The predicted octanol–water partition coefficient (Wildman–Crippen LogP) is 4.61. The van der Waals surface area contributed by atoms with Gasteiger partial charge in [0.15, 0.2) is 0 Å². The van der Waals surface area contributed by atoms with Crippen LogP contribution in [-0.2, 0) is 0 Å². The molecule has 0 aromatic heterocycles. The van der Waals surface area contributed by atoms with Crippen molar-refractivity contribution in [1.29, 1.82) is 0 Å². The molecule has 0 amide bonds. The van der Waals surface area contributed by atoms with Crippen molar-refractivity contribution in [1.82, 2.24) is 5.32 Å². The van der Waals surface area contributed by atoms with E-state index in [1.54, 1.807) is 0 Å². The summed E-state index contributed by atoms with van der Waals surface area (Å²) >= 11 is 0. The SMILES string of the molecule is CCCCCCCCCCCCNC(N)CC.Cl. The van der Waals surface area contributed by atoms with Crippen LogP contribution < -0.4 is 11.1 Å². The second-order valence-electron chi connectivity index (χ2n) is 5.15. The largest absolute Gasteiger partial charge is 0.316 e. The summed E-state index contributed by atoms with van der Waals surface area (Å²) in [6, 6.07) is 0. The normalized spacial score (nSPS) is 12.2. The van der Waals surface area contributed by atoms with Gasteiger partial charge in [0.05, 0.1) is 6.17 Å². The highest BCUT2D eigenvalue weighted by Crippen LogP contribution is 2.10. The van der Waals surface area contributed by atoms with Crippen LogP contribution in [0, 0.1) is 0 Å². The number of hydrogen-bond acceptors (Lipinski definition) is 2. The van der Waals surface area contributed by atoms with Crippen molar-refractivity contribution in [2.75, 3.05) is 6.54 Å². The minimum Gasteiger partial charge on any atom is -0.316 e. The summed E-state index contributed by atoms with van der Waals surface area (Å²) in [5.74, 6) is 0. The van der Waals surface area contributed by atoms with Crippen molar-refractivity contribution >= 4 is 12.4 Å². The molecule has 1 atom stereocenters. The molecule has 0 bridgehead atoms. The van der Waals surface area contributed by atoms with E-state index < -0.39 is 0 Å². The van der Waals surface area contributed by atoms with Gasteiger partial charge in [-0.05, 0) is 19.4 Å². The Morgan fingerprint density at radius 3 is 1.67 bits per heavy atom. The lowest BCUT2D eigenvalue weighted by Crippen LogP contribution is -2.37. The quantitative estimate of drug-likeness (QED) is 0.381. The average Bonchev–Trinajstić information content (AvgIpc) is 2.35. The smallest absolute Gasteiger partial charge is 0.0543 e. The van der Waals surface area contributed by atoms with Crippen molar-refractivity contribution in [2.45, 2.75) is 90.6 Å². The highest BCUT2D eigenvalue weighted by molar-refractivity contribution is 5.85. The van der Waals surface area contributed by atoms with E-state index in [-0.39, 0.29) is 18.6 Å². The number of halogens is 1. The average molecular weight is 279 g/mol. The Labute approximate surface area is 121 Å². The van der Waals surface area contributed by atoms with E-state index in [9.17, 15) is 0 Å². The molecule has 0 aliphatic heterocycles. The molecule has 0 spiro atoms. The van der Waals surface area contributed by atoms with E-state index in [0.29, 0.717) is 0 Å². The molecule has 0 aromatic carbocycles. The second-order valence-corrected chi connectivity index (χ2v) is 5.15. The van der Waals surface area contributed by atoms with Crippen molar-refractivity contribution in [3.63, 3.8) is 0 Å². The minimum atomic E-state index is 0. The van der Waals surface area contributed by atoms with Gasteiger partial charge < -0.3 is 11.1 Å². The molecule has 0 aliphatic rings. The lowest BCUT2D eigenvalue weighted by molar-refractivity contribution is 0.486. The van der Waals surface area contributed by atoms with Crippen molar-refractivity contribution in [3.05, 3.63) is 0 Å². The topological polar surface area (TPSA) is 38.0 Å². The molecule has 3 heteroatoms. The molecule has 18 heavy (non-hydrogen) atoms. The third-order valence-corrected chi connectivity index (χ3v) is 3.38. The monoisotopic (exact) mass is 278 g/mol. The molecule has 2 nitrogen and oxygen atoms in total. The van der Waals surface area contributed by atoms with Gasteiger partial charge in [0.1, 0.15) is 0 Å². The number of unbranched alkanes of at least 4 members (excludes halogenated alkanes) is 9. The van der Waals surface area contributed by atoms with Crippen LogP contribution in [0.25, 0.3) is 0 Å². The van der Waals surface area contributed by atoms with Crippen LogP contribution in [0.5, 0.6) is 0 Å². The summed E-state index contributed by atoms with van der Waals surface area (Å²) in [5, 5.41) is 3.34. The van der Waals surface area contributed by atoms with E-state index in [2.05, 4.69) is 19.2 Å². The number of nitrogens with one attached hydrogen (secondary N) is 1. The summed E-state index contributed by atoms with van der Waals surface area (Å²) in [7, 11) is 0. The zero-order valence-electron chi connectivity index (χ0n) is 12.5. The number of nitrogens with two attached hydrogens (primary N) is 1. The first-order valence-corrected chi connectivity index (χ1v) is 7.80. The van der Waals surface area contributed by atoms with E-state index >= 15 is 0 Å². The first kappa shape index (κ1) is 20.5. The fourth-order valence-corrected chi connectivity index (χ4v) is 2.04. The van der Waals surface area contributed by atoms with Crippen LogP contribution >= 0.6 is 12.4 Å². The van der Waals surface area contributed by atoms with Crippen molar-refractivity contribution in [3.8, 4) is 0 Å². The lowest BCUT2D eigenvalue weighted by Gasteiger charge is -2.10. The fraction of sp³-hybridized carbons (Fsp3) is 1.00. The molecule has 0 aromatic rings. The second kappa shape index (κ2) is 17.2. The van der Waals surface area contributed by atoms with Gasteiger partial charge >= 0.3 is 0 Å². The van der Waals surface area contributed by atoms with Crippen LogP contribution in [-0.4, -0.2) is 12.7 Å². The molecule has 0 fully saturated rings. The van der Waals surface area contributed by atoms with E-state index in [0.717, 1.165) is 13.0 Å². The van der Waals surface area contributed by atoms with Gasteiger partial charge in [-0.15, -0.1) is 12.4 Å². The van der Waals surface area contributed by atoms with Gasteiger partial charge in [0.25, 0.3) is 0 Å². The van der Waals surface area contributed by atoms with E-state index in [1.807, 2.05) is 0 Å². The molecule has 0 radical (unpaired) electrons. The van der Waals surface area contributed by atoms with E-state index in [4.69, 9.17) is 5.73 Å².